The molecule has 0 aromatic heterocycles. The van der Waals surface area contributed by atoms with E-state index in [1.807, 2.05) is 13.8 Å². The lowest BCUT2D eigenvalue weighted by Gasteiger charge is -2.36. The Kier molecular flexibility index (Phi) is 2.66. The second-order valence-electron chi connectivity index (χ2n) is 4.52. The Morgan fingerprint density at radius 1 is 1.36 bits per heavy atom. The molecule has 1 fully saturated rings. The smallest absolute Gasteiger partial charge is 0.230 e. The van der Waals surface area contributed by atoms with Crippen molar-refractivity contribution in [3.05, 3.63) is 0 Å². The van der Waals surface area contributed by atoms with E-state index >= 15 is 0 Å². The van der Waals surface area contributed by atoms with Gasteiger partial charge in [0, 0.05) is 12.8 Å². The van der Waals surface area contributed by atoms with Crippen LogP contribution in [0.15, 0.2) is 0 Å². The summed E-state index contributed by atoms with van der Waals surface area (Å²) in [6.45, 7) is 5.52. The zero-order valence-electron chi connectivity index (χ0n) is 8.83. The maximum Gasteiger partial charge on any atom is 0.230 e. The van der Waals surface area contributed by atoms with Crippen LogP contribution in [0.4, 0.5) is 0 Å². The minimum Gasteiger partial charge on any atom is -0.274 e. The first-order valence-corrected chi connectivity index (χ1v) is 4.68. The molecule has 0 spiro atoms. The molecule has 0 saturated carbocycles. The van der Waals surface area contributed by atoms with Crippen LogP contribution < -0.4 is 0 Å². The molecular weight excluding hydrogens is 178 g/mol. The van der Waals surface area contributed by atoms with Crippen molar-refractivity contribution in [3.8, 4) is 12.3 Å². The highest BCUT2D eigenvalue weighted by Gasteiger charge is 2.38. The molecule has 1 unspecified atom stereocenters. The zero-order chi connectivity index (χ0) is 10.9. The van der Waals surface area contributed by atoms with Crippen LogP contribution in [0.3, 0.4) is 0 Å². The van der Waals surface area contributed by atoms with E-state index in [0.29, 0.717) is 12.8 Å². The highest BCUT2D eigenvalue weighted by atomic mass is 16.2. The third-order valence-electron chi connectivity index (χ3n) is 2.43. The van der Waals surface area contributed by atoms with Crippen LogP contribution in [0.1, 0.15) is 33.6 Å². The summed E-state index contributed by atoms with van der Waals surface area (Å²) in [6.07, 6.45) is 5.99. The number of hydrogen-bond donors (Lipinski definition) is 0. The monoisotopic (exact) mass is 193 g/mol. The van der Waals surface area contributed by atoms with Gasteiger partial charge in [-0.25, -0.2) is 0 Å². The van der Waals surface area contributed by atoms with E-state index < -0.39 is 6.04 Å². The Morgan fingerprint density at radius 2 is 1.79 bits per heavy atom. The van der Waals surface area contributed by atoms with Gasteiger partial charge in [0.15, 0.2) is 0 Å². The number of terminal acetylenes is 1. The summed E-state index contributed by atoms with van der Waals surface area (Å²) < 4.78 is 0. The molecule has 14 heavy (non-hydrogen) atoms. The van der Waals surface area contributed by atoms with Crippen LogP contribution in [0.25, 0.3) is 0 Å². The predicted octanol–water partition coefficient (Wildman–Crippen LogP) is 1.18. The number of rotatable bonds is 1. The first-order chi connectivity index (χ1) is 6.37. The van der Waals surface area contributed by atoms with Crippen LogP contribution in [0, 0.1) is 17.8 Å². The molecule has 3 nitrogen and oxygen atoms in total. The first kappa shape index (κ1) is 10.8. The molecule has 0 aromatic rings. The van der Waals surface area contributed by atoms with E-state index in [1.165, 1.54) is 4.90 Å². The number of carbonyl (C=O) groups excluding carboxylic acids is 2. The second kappa shape index (κ2) is 3.45. The molecule has 2 amide bonds. The summed E-state index contributed by atoms with van der Waals surface area (Å²) in [5.74, 6) is 2.10. The Morgan fingerprint density at radius 3 is 2.14 bits per heavy atom. The van der Waals surface area contributed by atoms with Crippen molar-refractivity contribution in [2.45, 2.75) is 39.7 Å². The lowest BCUT2D eigenvalue weighted by atomic mass is 9.81. The van der Waals surface area contributed by atoms with Crippen molar-refractivity contribution in [2.24, 2.45) is 5.41 Å². The van der Waals surface area contributed by atoms with Crippen molar-refractivity contribution >= 4 is 11.8 Å². The summed E-state index contributed by atoms with van der Waals surface area (Å²) in [5, 5.41) is 0. The van der Waals surface area contributed by atoms with E-state index in [0.717, 1.165) is 0 Å². The average molecular weight is 193 g/mol. The molecule has 1 aliphatic heterocycles. The van der Waals surface area contributed by atoms with Gasteiger partial charge in [0.1, 0.15) is 0 Å². The van der Waals surface area contributed by atoms with Crippen LogP contribution >= 0.6 is 0 Å². The SMILES string of the molecule is C#CC(C)N1C(=O)CC(C)(C)CC1=O. The van der Waals surface area contributed by atoms with Gasteiger partial charge in [0.25, 0.3) is 0 Å². The highest BCUT2D eigenvalue weighted by molar-refractivity contribution is 5.99. The number of carbonyl (C=O) groups is 2. The van der Waals surface area contributed by atoms with Crippen molar-refractivity contribution in [1.29, 1.82) is 0 Å². The lowest BCUT2D eigenvalue weighted by molar-refractivity contribution is -0.153. The summed E-state index contributed by atoms with van der Waals surface area (Å²) >= 11 is 0. The van der Waals surface area contributed by atoms with Crippen molar-refractivity contribution in [1.82, 2.24) is 4.90 Å². The highest BCUT2D eigenvalue weighted by Crippen LogP contribution is 2.32. The molecule has 1 aliphatic rings. The fourth-order valence-corrected chi connectivity index (χ4v) is 1.70. The van der Waals surface area contributed by atoms with Crippen molar-refractivity contribution < 1.29 is 9.59 Å². The number of imide groups is 1. The summed E-state index contributed by atoms with van der Waals surface area (Å²) in [4.78, 5) is 24.5. The molecular formula is C11H15NO2. The molecule has 1 saturated heterocycles. The maximum atomic E-state index is 11.6. The minimum atomic E-state index is -0.425. The molecule has 3 heteroatoms. The second-order valence-corrected chi connectivity index (χ2v) is 4.52. The number of amides is 2. The van der Waals surface area contributed by atoms with Gasteiger partial charge < -0.3 is 0 Å². The third kappa shape index (κ3) is 1.95. The molecule has 1 heterocycles. The van der Waals surface area contributed by atoms with E-state index in [-0.39, 0.29) is 17.2 Å². The molecule has 0 bridgehead atoms. The largest absolute Gasteiger partial charge is 0.274 e. The van der Waals surface area contributed by atoms with Gasteiger partial charge in [-0.3, -0.25) is 14.5 Å². The van der Waals surface area contributed by atoms with Crippen LogP contribution in [-0.4, -0.2) is 22.8 Å². The normalized spacial score (nSPS) is 23.1. The van der Waals surface area contributed by atoms with Gasteiger partial charge in [-0.1, -0.05) is 19.8 Å². The molecule has 1 rings (SSSR count). The Hall–Kier alpha value is -1.30. The van der Waals surface area contributed by atoms with E-state index in [1.54, 1.807) is 6.92 Å². The fraction of sp³-hybridized carbons (Fsp3) is 0.636. The first-order valence-electron chi connectivity index (χ1n) is 4.68. The topological polar surface area (TPSA) is 37.4 Å². The lowest BCUT2D eigenvalue weighted by Crippen LogP contribution is -2.49. The van der Waals surface area contributed by atoms with Gasteiger partial charge in [0.05, 0.1) is 6.04 Å². The Balaban J connectivity index is 2.88. The molecule has 0 radical (unpaired) electrons. The number of nitrogens with zero attached hydrogens (tertiary/aromatic N) is 1. The molecule has 0 aliphatic carbocycles. The van der Waals surface area contributed by atoms with E-state index in [4.69, 9.17) is 6.42 Å². The molecule has 76 valence electrons. The Bertz CT molecular complexity index is 292. The standard InChI is InChI=1S/C11H15NO2/c1-5-8(2)12-9(13)6-11(3,4)7-10(12)14/h1,8H,6-7H2,2-4H3. The van der Waals surface area contributed by atoms with Crippen LogP contribution in [0.5, 0.6) is 0 Å². The maximum absolute atomic E-state index is 11.6. The average Bonchev–Trinajstić information content (AvgIpc) is 1.99. The predicted molar refractivity (Wildman–Crippen MR) is 53.2 cm³/mol. The van der Waals surface area contributed by atoms with Crippen LogP contribution in [0.2, 0.25) is 0 Å². The van der Waals surface area contributed by atoms with Gasteiger partial charge in [0.2, 0.25) is 11.8 Å². The van der Waals surface area contributed by atoms with Gasteiger partial charge in [-0.15, -0.1) is 6.42 Å². The number of hydrogen-bond acceptors (Lipinski definition) is 2. The van der Waals surface area contributed by atoms with Crippen LogP contribution in [-0.2, 0) is 9.59 Å². The Labute approximate surface area is 84.5 Å². The molecule has 1 atom stereocenters. The number of piperidine rings is 1. The summed E-state index contributed by atoms with van der Waals surface area (Å²) in [5.41, 5.74) is -0.223. The minimum absolute atomic E-state index is 0.156. The summed E-state index contributed by atoms with van der Waals surface area (Å²) in [7, 11) is 0. The van der Waals surface area contributed by atoms with Gasteiger partial charge in [-0.2, -0.15) is 0 Å². The van der Waals surface area contributed by atoms with E-state index in [2.05, 4.69) is 5.92 Å². The van der Waals surface area contributed by atoms with Crippen molar-refractivity contribution in [3.63, 3.8) is 0 Å². The number of likely N-dealkylation sites (tertiary alicyclic amines) is 1. The third-order valence-corrected chi connectivity index (χ3v) is 2.43. The molecule has 0 N–H and O–H groups in total. The zero-order valence-corrected chi connectivity index (χ0v) is 8.83. The van der Waals surface area contributed by atoms with Crippen molar-refractivity contribution in [2.75, 3.05) is 0 Å². The quantitative estimate of drug-likeness (QED) is 0.463. The summed E-state index contributed by atoms with van der Waals surface area (Å²) in [6, 6.07) is -0.425. The van der Waals surface area contributed by atoms with Gasteiger partial charge >= 0.3 is 0 Å². The van der Waals surface area contributed by atoms with Gasteiger partial charge in [-0.05, 0) is 12.3 Å². The fourth-order valence-electron chi connectivity index (χ4n) is 1.70. The molecule has 0 aromatic carbocycles. The van der Waals surface area contributed by atoms with E-state index in [9.17, 15) is 9.59 Å².